The van der Waals surface area contributed by atoms with Crippen LogP contribution in [0.2, 0.25) is 0 Å². The van der Waals surface area contributed by atoms with Crippen LogP contribution >= 0.6 is 0 Å². The molecule has 0 unspecified atom stereocenters. The molecule has 0 aliphatic carbocycles. The Labute approximate surface area is 133 Å². The van der Waals surface area contributed by atoms with Gasteiger partial charge >= 0.3 is 23.9 Å². The summed E-state index contributed by atoms with van der Waals surface area (Å²) in [6.45, 7) is 2.09. The number of hydrogen-bond acceptors (Lipinski definition) is 7. The summed E-state index contributed by atoms with van der Waals surface area (Å²) in [6, 6.07) is 0. The minimum atomic E-state index is -1.07. The molecule has 0 bridgehead atoms. The predicted octanol–water partition coefficient (Wildman–Crippen LogP) is 1.41. The van der Waals surface area contributed by atoms with Gasteiger partial charge in [0.2, 0.25) is 0 Å². The highest BCUT2D eigenvalue weighted by atomic mass is 16.6. The van der Waals surface area contributed by atoms with Crippen LogP contribution in [0.4, 0.5) is 0 Å². The maximum absolute atomic E-state index is 11.2. The second-order valence-corrected chi connectivity index (χ2v) is 3.83. The van der Waals surface area contributed by atoms with Gasteiger partial charge in [0.1, 0.15) is 0 Å². The van der Waals surface area contributed by atoms with E-state index in [0.29, 0.717) is 0 Å². The Morgan fingerprint density at radius 2 is 1.09 bits per heavy atom. The first-order valence-electron chi connectivity index (χ1n) is 6.65. The number of allylic oxidation sites excluding steroid dienone is 6. The zero-order valence-corrected chi connectivity index (χ0v) is 12.9. The molecule has 0 atom stereocenters. The third-order valence-corrected chi connectivity index (χ3v) is 1.96. The first kappa shape index (κ1) is 20.0. The van der Waals surface area contributed by atoms with Gasteiger partial charge in [-0.2, -0.15) is 0 Å². The van der Waals surface area contributed by atoms with Crippen molar-refractivity contribution < 1.29 is 33.4 Å². The van der Waals surface area contributed by atoms with Gasteiger partial charge < -0.3 is 14.2 Å². The summed E-state index contributed by atoms with van der Waals surface area (Å²) in [5.41, 5.74) is 0. The van der Waals surface area contributed by atoms with Crippen LogP contribution in [-0.4, -0.2) is 37.1 Å². The summed E-state index contributed by atoms with van der Waals surface area (Å²) in [6.07, 6.45) is 11.7. The Bertz CT molecular complexity index is 491. The van der Waals surface area contributed by atoms with Crippen LogP contribution in [0.3, 0.4) is 0 Å². The van der Waals surface area contributed by atoms with Crippen LogP contribution in [0, 0.1) is 0 Å². The topological polar surface area (TPSA) is 96.0 Å². The SMILES string of the molecule is C/C=C/C=C/C(=O)OCC(=O)OC(=O)COC(=O)/C=C/C=C/C. The van der Waals surface area contributed by atoms with E-state index in [1.165, 1.54) is 12.2 Å². The van der Waals surface area contributed by atoms with E-state index in [1.807, 2.05) is 0 Å². The summed E-state index contributed by atoms with van der Waals surface area (Å²) >= 11 is 0. The van der Waals surface area contributed by atoms with Crippen LogP contribution in [0.25, 0.3) is 0 Å². The van der Waals surface area contributed by atoms with E-state index in [2.05, 4.69) is 14.2 Å². The minimum absolute atomic E-state index is 0.722. The molecular formula is C16H18O7. The van der Waals surface area contributed by atoms with Gasteiger partial charge in [-0.1, -0.05) is 36.5 Å². The first-order valence-corrected chi connectivity index (χ1v) is 6.65. The fraction of sp³-hybridized carbons (Fsp3) is 0.250. The Morgan fingerprint density at radius 1 is 0.696 bits per heavy atom. The van der Waals surface area contributed by atoms with E-state index in [9.17, 15) is 19.2 Å². The molecule has 0 heterocycles. The second-order valence-electron chi connectivity index (χ2n) is 3.83. The van der Waals surface area contributed by atoms with Crippen LogP contribution < -0.4 is 0 Å². The fourth-order valence-electron chi connectivity index (χ4n) is 1.03. The molecule has 23 heavy (non-hydrogen) atoms. The van der Waals surface area contributed by atoms with Crippen molar-refractivity contribution in [2.24, 2.45) is 0 Å². The first-order chi connectivity index (χ1) is 11.0. The molecule has 0 aliphatic heterocycles. The summed E-state index contributed by atoms with van der Waals surface area (Å²) in [5.74, 6) is -3.65. The zero-order valence-electron chi connectivity index (χ0n) is 12.9. The van der Waals surface area contributed by atoms with Crippen molar-refractivity contribution in [3.8, 4) is 0 Å². The van der Waals surface area contributed by atoms with Crippen LogP contribution in [0.15, 0.2) is 48.6 Å². The molecule has 0 N–H and O–H groups in total. The van der Waals surface area contributed by atoms with E-state index < -0.39 is 37.1 Å². The maximum Gasteiger partial charge on any atom is 0.352 e. The Balaban J connectivity index is 4.00. The van der Waals surface area contributed by atoms with Gasteiger partial charge in [-0.3, -0.25) is 0 Å². The van der Waals surface area contributed by atoms with Gasteiger partial charge in [0, 0.05) is 12.2 Å². The van der Waals surface area contributed by atoms with Crippen LogP contribution in [0.5, 0.6) is 0 Å². The van der Waals surface area contributed by atoms with Crippen molar-refractivity contribution in [2.75, 3.05) is 13.2 Å². The van der Waals surface area contributed by atoms with E-state index >= 15 is 0 Å². The molecule has 124 valence electrons. The molecule has 0 aliphatic rings. The average molecular weight is 322 g/mol. The molecule has 0 radical (unpaired) electrons. The highest BCUT2D eigenvalue weighted by Gasteiger charge is 2.13. The van der Waals surface area contributed by atoms with Gasteiger partial charge in [-0.05, 0) is 13.8 Å². The van der Waals surface area contributed by atoms with Gasteiger partial charge in [-0.25, -0.2) is 19.2 Å². The van der Waals surface area contributed by atoms with Gasteiger partial charge in [0.05, 0.1) is 0 Å². The second kappa shape index (κ2) is 12.8. The number of rotatable bonds is 8. The van der Waals surface area contributed by atoms with E-state index in [4.69, 9.17) is 0 Å². The van der Waals surface area contributed by atoms with Crippen LogP contribution in [0.1, 0.15) is 13.8 Å². The Morgan fingerprint density at radius 3 is 1.43 bits per heavy atom. The van der Waals surface area contributed by atoms with Crippen molar-refractivity contribution in [1.82, 2.24) is 0 Å². The lowest BCUT2D eigenvalue weighted by Gasteiger charge is -2.03. The Hall–Kier alpha value is -2.96. The largest absolute Gasteiger partial charge is 0.450 e. The van der Waals surface area contributed by atoms with Gasteiger partial charge in [-0.15, -0.1) is 0 Å². The van der Waals surface area contributed by atoms with Crippen molar-refractivity contribution >= 4 is 23.9 Å². The molecule has 0 amide bonds. The molecule has 0 aromatic heterocycles. The zero-order chi connectivity index (χ0) is 17.5. The summed E-state index contributed by atoms with van der Waals surface area (Å²) < 4.78 is 13.4. The normalized spacial score (nSPS) is 11.4. The number of esters is 4. The lowest BCUT2D eigenvalue weighted by Crippen LogP contribution is -2.23. The molecule has 0 saturated carbocycles. The number of ether oxygens (including phenoxy) is 3. The lowest BCUT2D eigenvalue weighted by atomic mass is 10.4. The lowest BCUT2D eigenvalue weighted by molar-refractivity contribution is -0.170. The highest BCUT2D eigenvalue weighted by molar-refractivity contribution is 5.90. The highest BCUT2D eigenvalue weighted by Crippen LogP contribution is 1.90. The summed E-state index contributed by atoms with van der Waals surface area (Å²) in [7, 11) is 0. The molecular weight excluding hydrogens is 304 g/mol. The molecule has 0 saturated heterocycles. The Kier molecular flexibility index (Phi) is 11.1. The summed E-state index contributed by atoms with van der Waals surface area (Å²) in [4.78, 5) is 44.7. The van der Waals surface area contributed by atoms with E-state index in [-0.39, 0.29) is 0 Å². The number of hydrogen-bond donors (Lipinski definition) is 0. The van der Waals surface area contributed by atoms with Gasteiger partial charge in [0.15, 0.2) is 13.2 Å². The van der Waals surface area contributed by atoms with Gasteiger partial charge in [0.25, 0.3) is 0 Å². The quantitative estimate of drug-likeness (QED) is 0.219. The standard InChI is InChI=1S/C16H18O7/c1-3-5-7-9-13(17)21-11-15(19)23-16(20)12-22-14(18)10-8-6-4-2/h3-10H,11-12H2,1-2H3/b5-3+,6-4+,9-7+,10-8+. The smallest absolute Gasteiger partial charge is 0.352 e. The average Bonchev–Trinajstić information content (AvgIpc) is 2.51. The molecule has 0 aromatic carbocycles. The van der Waals surface area contributed by atoms with Crippen molar-refractivity contribution in [2.45, 2.75) is 13.8 Å². The van der Waals surface area contributed by atoms with Crippen molar-refractivity contribution in [3.05, 3.63) is 48.6 Å². The third-order valence-electron chi connectivity index (χ3n) is 1.96. The molecule has 0 aromatic rings. The molecule has 7 heteroatoms. The monoisotopic (exact) mass is 322 g/mol. The van der Waals surface area contributed by atoms with Crippen molar-refractivity contribution in [1.29, 1.82) is 0 Å². The molecule has 7 nitrogen and oxygen atoms in total. The maximum atomic E-state index is 11.2. The minimum Gasteiger partial charge on any atom is -0.450 e. The summed E-state index contributed by atoms with van der Waals surface area (Å²) in [5, 5.41) is 0. The van der Waals surface area contributed by atoms with Crippen molar-refractivity contribution in [3.63, 3.8) is 0 Å². The number of carbonyl (C=O) groups excluding carboxylic acids is 4. The predicted molar refractivity (Wildman–Crippen MR) is 80.9 cm³/mol. The fourth-order valence-corrected chi connectivity index (χ4v) is 1.03. The van der Waals surface area contributed by atoms with E-state index in [1.54, 1.807) is 38.2 Å². The van der Waals surface area contributed by atoms with E-state index in [0.717, 1.165) is 12.2 Å². The number of carbonyl (C=O) groups is 4. The third kappa shape index (κ3) is 12.5. The molecule has 0 fully saturated rings. The molecule has 0 spiro atoms. The molecule has 0 rings (SSSR count). The van der Waals surface area contributed by atoms with Crippen LogP contribution in [-0.2, 0) is 33.4 Å².